The Morgan fingerprint density at radius 3 is 2.67 bits per heavy atom. The molecule has 1 aromatic heterocycles. The molecule has 0 amide bonds. The van der Waals surface area contributed by atoms with Gasteiger partial charge in [-0.2, -0.15) is 5.26 Å². The van der Waals surface area contributed by atoms with E-state index in [4.69, 9.17) is 5.26 Å². The molecule has 0 radical (unpaired) electrons. The van der Waals surface area contributed by atoms with Crippen LogP contribution in [0.5, 0.6) is 0 Å². The molecule has 15 heavy (non-hydrogen) atoms. The monoisotopic (exact) mass is 338 g/mol. The Morgan fingerprint density at radius 2 is 2.20 bits per heavy atom. The number of hydrogen-bond acceptors (Lipinski definition) is 2. The van der Waals surface area contributed by atoms with Crippen molar-refractivity contribution in [3.05, 3.63) is 27.5 Å². The zero-order valence-corrected chi connectivity index (χ0v) is 10.6. The molecule has 0 aliphatic carbocycles. The zero-order chi connectivity index (χ0) is 11.4. The van der Waals surface area contributed by atoms with Crippen molar-refractivity contribution in [2.24, 2.45) is 0 Å². The third-order valence-electron chi connectivity index (χ3n) is 1.75. The van der Waals surface area contributed by atoms with Gasteiger partial charge in [-0.25, -0.2) is 8.78 Å². The number of aromatic nitrogens is 1. The standard InChI is InChI=1S/C9H6Br2F2N2/c10-4-7-8(9(12)13)6(11)3-5(15-7)1-2-14/h3,9H,1,4H2. The molecule has 2 nitrogen and oxygen atoms in total. The predicted molar refractivity (Wildman–Crippen MR) is 58.8 cm³/mol. The van der Waals surface area contributed by atoms with E-state index in [-0.39, 0.29) is 23.0 Å². The number of nitriles is 1. The first kappa shape index (κ1) is 12.5. The fraction of sp³-hybridized carbons (Fsp3) is 0.333. The molecule has 0 N–H and O–H groups in total. The lowest BCUT2D eigenvalue weighted by Gasteiger charge is -2.09. The van der Waals surface area contributed by atoms with Crippen molar-refractivity contribution in [3.63, 3.8) is 0 Å². The molecule has 80 valence electrons. The summed E-state index contributed by atoms with van der Waals surface area (Å²) in [7, 11) is 0. The molecule has 0 bridgehead atoms. The van der Waals surface area contributed by atoms with E-state index in [1.807, 2.05) is 6.07 Å². The topological polar surface area (TPSA) is 36.7 Å². The van der Waals surface area contributed by atoms with Crippen molar-refractivity contribution < 1.29 is 8.78 Å². The largest absolute Gasteiger partial charge is 0.266 e. The molecule has 0 saturated heterocycles. The first-order chi connectivity index (χ1) is 7.10. The van der Waals surface area contributed by atoms with Gasteiger partial charge in [0, 0.05) is 9.80 Å². The van der Waals surface area contributed by atoms with Crippen molar-refractivity contribution >= 4 is 31.9 Å². The van der Waals surface area contributed by atoms with Gasteiger partial charge < -0.3 is 0 Å². The lowest BCUT2D eigenvalue weighted by molar-refractivity contribution is 0.149. The van der Waals surface area contributed by atoms with Crippen molar-refractivity contribution in [1.82, 2.24) is 4.98 Å². The van der Waals surface area contributed by atoms with Crippen LogP contribution in [0, 0.1) is 11.3 Å². The summed E-state index contributed by atoms with van der Waals surface area (Å²) in [5.74, 6) is 0. The lowest BCUT2D eigenvalue weighted by Crippen LogP contribution is -2.01. The van der Waals surface area contributed by atoms with E-state index in [0.717, 1.165) is 0 Å². The Hall–Kier alpha value is -0.540. The van der Waals surface area contributed by atoms with Gasteiger partial charge in [0.2, 0.25) is 0 Å². The Balaban J connectivity index is 3.25. The summed E-state index contributed by atoms with van der Waals surface area (Å²) in [6, 6.07) is 3.38. The van der Waals surface area contributed by atoms with E-state index >= 15 is 0 Å². The summed E-state index contributed by atoms with van der Waals surface area (Å²) in [5, 5.41) is 8.73. The van der Waals surface area contributed by atoms with E-state index in [2.05, 4.69) is 36.8 Å². The fourth-order valence-corrected chi connectivity index (χ4v) is 2.22. The smallest absolute Gasteiger partial charge is 0.255 e. The normalized spacial score (nSPS) is 10.4. The molecule has 6 heteroatoms. The fourth-order valence-electron chi connectivity index (χ4n) is 1.13. The highest BCUT2D eigenvalue weighted by molar-refractivity contribution is 9.10. The highest BCUT2D eigenvalue weighted by Gasteiger charge is 2.18. The minimum absolute atomic E-state index is 0.113. The van der Waals surface area contributed by atoms with Crippen LogP contribution >= 0.6 is 31.9 Å². The third kappa shape index (κ3) is 2.95. The van der Waals surface area contributed by atoms with Crippen molar-refractivity contribution in [3.8, 4) is 6.07 Å². The molecule has 0 aliphatic rings. The molecule has 0 spiro atoms. The molecular formula is C9H6Br2F2N2. The first-order valence-electron chi connectivity index (χ1n) is 3.99. The molecule has 0 aliphatic heterocycles. The molecule has 0 saturated carbocycles. The van der Waals surface area contributed by atoms with Gasteiger partial charge in [0.25, 0.3) is 6.43 Å². The number of halogens is 4. The minimum Gasteiger partial charge on any atom is -0.255 e. The maximum absolute atomic E-state index is 12.6. The lowest BCUT2D eigenvalue weighted by atomic mass is 10.1. The third-order valence-corrected chi connectivity index (χ3v) is 2.93. The van der Waals surface area contributed by atoms with Gasteiger partial charge in [-0.3, -0.25) is 4.98 Å². The van der Waals surface area contributed by atoms with Crippen molar-refractivity contribution in [1.29, 1.82) is 5.26 Å². The molecule has 0 atom stereocenters. The summed E-state index contributed by atoms with van der Waals surface area (Å²) in [5.41, 5.74) is 0.640. The van der Waals surface area contributed by atoms with Gasteiger partial charge in [-0.15, -0.1) is 0 Å². The number of alkyl halides is 3. The van der Waals surface area contributed by atoms with Crippen molar-refractivity contribution in [2.75, 3.05) is 0 Å². The highest BCUT2D eigenvalue weighted by Crippen LogP contribution is 2.31. The van der Waals surface area contributed by atoms with E-state index in [0.29, 0.717) is 10.2 Å². The molecule has 0 fully saturated rings. The van der Waals surface area contributed by atoms with Crippen LogP contribution in [0.1, 0.15) is 23.4 Å². The summed E-state index contributed by atoms with van der Waals surface area (Å²) in [6.07, 6.45) is -2.46. The van der Waals surface area contributed by atoms with E-state index in [9.17, 15) is 8.78 Å². The maximum Gasteiger partial charge on any atom is 0.266 e. The van der Waals surface area contributed by atoms with E-state index in [1.165, 1.54) is 6.07 Å². The Labute approximate surface area is 103 Å². The predicted octanol–water partition coefficient (Wildman–Crippen LogP) is 3.74. The van der Waals surface area contributed by atoms with Crippen molar-refractivity contribution in [2.45, 2.75) is 18.2 Å². The number of hydrogen-bond donors (Lipinski definition) is 0. The minimum atomic E-state index is -2.57. The number of rotatable bonds is 3. The molecule has 1 aromatic rings. The SMILES string of the molecule is N#CCc1cc(Br)c(C(F)F)c(CBr)n1. The summed E-state index contributed by atoms with van der Waals surface area (Å²) < 4.78 is 25.6. The molecule has 0 unspecified atom stereocenters. The molecule has 1 rings (SSSR count). The van der Waals surface area contributed by atoms with Crippen LogP contribution in [0.2, 0.25) is 0 Å². The first-order valence-corrected chi connectivity index (χ1v) is 5.90. The molecule has 0 aromatic carbocycles. The second-order valence-electron chi connectivity index (χ2n) is 2.73. The van der Waals surface area contributed by atoms with Gasteiger partial charge in [-0.1, -0.05) is 31.9 Å². The number of nitrogens with zero attached hydrogens (tertiary/aromatic N) is 2. The van der Waals surface area contributed by atoms with Crippen LogP contribution in [-0.4, -0.2) is 4.98 Å². The van der Waals surface area contributed by atoms with Gasteiger partial charge in [0.05, 0.1) is 29.4 Å². The van der Waals surface area contributed by atoms with E-state index in [1.54, 1.807) is 0 Å². The quantitative estimate of drug-likeness (QED) is 0.786. The summed E-state index contributed by atoms with van der Waals surface area (Å²) in [6.45, 7) is 0. The Bertz CT molecular complexity index is 402. The highest BCUT2D eigenvalue weighted by atomic mass is 79.9. The Morgan fingerprint density at radius 1 is 1.53 bits per heavy atom. The van der Waals surface area contributed by atoms with Gasteiger partial charge in [0.1, 0.15) is 0 Å². The van der Waals surface area contributed by atoms with Gasteiger partial charge >= 0.3 is 0 Å². The van der Waals surface area contributed by atoms with Gasteiger partial charge in [-0.05, 0) is 6.07 Å². The van der Waals surface area contributed by atoms with Crippen LogP contribution in [0.3, 0.4) is 0 Å². The number of pyridine rings is 1. The second-order valence-corrected chi connectivity index (χ2v) is 4.14. The maximum atomic E-state index is 12.6. The zero-order valence-electron chi connectivity index (χ0n) is 7.48. The Kier molecular flexibility index (Phi) is 4.61. The average Bonchev–Trinajstić information content (AvgIpc) is 2.16. The van der Waals surface area contributed by atoms with Crippen LogP contribution in [-0.2, 0) is 11.8 Å². The van der Waals surface area contributed by atoms with Crippen LogP contribution in [0.25, 0.3) is 0 Å². The van der Waals surface area contributed by atoms with Crippen LogP contribution in [0.4, 0.5) is 8.78 Å². The summed E-state index contributed by atoms with van der Waals surface area (Å²) >= 11 is 6.16. The molecular weight excluding hydrogens is 334 g/mol. The average molecular weight is 340 g/mol. The van der Waals surface area contributed by atoms with E-state index < -0.39 is 6.43 Å². The molecule has 1 heterocycles. The van der Waals surface area contributed by atoms with Crippen LogP contribution < -0.4 is 0 Å². The van der Waals surface area contributed by atoms with Crippen LogP contribution in [0.15, 0.2) is 10.5 Å². The second kappa shape index (κ2) is 5.52. The summed E-state index contributed by atoms with van der Waals surface area (Å²) in [4.78, 5) is 3.98. The van der Waals surface area contributed by atoms with Gasteiger partial charge in [0.15, 0.2) is 0 Å².